The lowest BCUT2D eigenvalue weighted by Crippen LogP contribution is -2.23. The highest BCUT2D eigenvalue weighted by molar-refractivity contribution is 7.80. The number of hydrogen-bond donors (Lipinski definition) is 1. The summed E-state index contributed by atoms with van der Waals surface area (Å²) in [5.41, 5.74) is 8.39. The summed E-state index contributed by atoms with van der Waals surface area (Å²) in [5, 5.41) is 4.27. The number of aromatic nitrogens is 2. The van der Waals surface area contributed by atoms with Crippen LogP contribution in [0.3, 0.4) is 0 Å². The summed E-state index contributed by atoms with van der Waals surface area (Å²) >= 11 is 5.07. The van der Waals surface area contributed by atoms with Gasteiger partial charge in [0.2, 0.25) is 0 Å². The van der Waals surface area contributed by atoms with Gasteiger partial charge in [-0.15, -0.1) is 0 Å². The summed E-state index contributed by atoms with van der Waals surface area (Å²) in [5.74, 6) is 0.363. The van der Waals surface area contributed by atoms with Crippen LogP contribution < -0.4 is 5.73 Å². The van der Waals surface area contributed by atoms with E-state index in [0.29, 0.717) is 10.9 Å². The Morgan fingerprint density at radius 2 is 2.50 bits per heavy atom. The number of thiocarbonyl (C=S) groups is 1. The van der Waals surface area contributed by atoms with Crippen LogP contribution in [0, 0.1) is 5.92 Å². The summed E-state index contributed by atoms with van der Waals surface area (Å²) in [4.78, 5) is 0.652. The molecule has 0 saturated carbocycles. The molecule has 1 heterocycles. The summed E-state index contributed by atoms with van der Waals surface area (Å²) < 4.78 is 1.95. The second-order valence-electron chi connectivity index (χ2n) is 3.94. The maximum Gasteiger partial charge on any atom is 0.0762 e. The molecule has 1 aliphatic rings. The fourth-order valence-electron chi connectivity index (χ4n) is 2.10. The average molecular weight is 209 g/mol. The second-order valence-corrected chi connectivity index (χ2v) is 4.41. The van der Waals surface area contributed by atoms with Crippen molar-refractivity contribution in [2.75, 3.05) is 0 Å². The fourth-order valence-corrected chi connectivity index (χ4v) is 2.30. The van der Waals surface area contributed by atoms with Crippen molar-refractivity contribution in [3.8, 4) is 0 Å². The molecule has 0 saturated heterocycles. The highest BCUT2D eigenvalue weighted by Crippen LogP contribution is 2.24. The zero-order chi connectivity index (χ0) is 10.1. The first kappa shape index (κ1) is 9.65. The minimum Gasteiger partial charge on any atom is -0.393 e. The Kier molecular flexibility index (Phi) is 2.54. The van der Waals surface area contributed by atoms with Gasteiger partial charge in [-0.05, 0) is 31.2 Å². The molecule has 0 radical (unpaired) electrons. The lowest BCUT2D eigenvalue weighted by atomic mass is 10.0. The van der Waals surface area contributed by atoms with E-state index in [1.54, 1.807) is 0 Å². The van der Waals surface area contributed by atoms with Crippen molar-refractivity contribution < 1.29 is 0 Å². The number of nitrogens with two attached hydrogens (primary N) is 1. The first-order valence-corrected chi connectivity index (χ1v) is 5.38. The van der Waals surface area contributed by atoms with Crippen LogP contribution in [-0.4, -0.2) is 14.8 Å². The van der Waals surface area contributed by atoms with Crippen molar-refractivity contribution in [3.05, 3.63) is 17.5 Å². The van der Waals surface area contributed by atoms with Gasteiger partial charge >= 0.3 is 0 Å². The molecule has 1 atom stereocenters. The van der Waals surface area contributed by atoms with E-state index in [2.05, 4.69) is 5.10 Å². The normalized spacial score (nSPS) is 21.4. The van der Waals surface area contributed by atoms with Crippen molar-refractivity contribution in [2.24, 2.45) is 18.7 Å². The predicted octanol–water partition coefficient (Wildman–Crippen LogP) is 1.20. The standard InChI is InChI=1S/C10H15N3S/c1-13-9-5-7(10(11)14)3-2-4-8(9)6-12-13/h6-7H,2-5H2,1H3,(H2,11,14)/t7-/m1/s1. The number of hydrogen-bond acceptors (Lipinski definition) is 2. The second kappa shape index (κ2) is 3.69. The maximum atomic E-state index is 5.71. The van der Waals surface area contributed by atoms with Crippen LogP contribution >= 0.6 is 12.2 Å². The van der Waals surface area contributed by atoms with Crippen molar-refractivity contribution in [2.45, 2.75) is 25.7 Å². The third-order valence-electron chi connectivity index (χ3n) is 2.99. The van der Waals surface area contributed by atoms with Gasteiger partial charge in [0.15, 0.2) is 0 Å². The van der Waals surface area contributed by atoms with Crippen LogP contribution in [0.4, 0.5) is 0 Å². The van der Waals surface area contributed by atoms with Gasteiger partial charge in [-0.3, -0.25) is 4.68 Å². The van der Waals surface area contributed by atoms with Crippen LogP contribution in [0.2, 0.25) is 0 Å². The van der Waals surface area contributed by atoms with Gasteiger partial charge in [-0.25, -0.2) is 0 Å². The van der Waals surface area contributed by atoms with Gasteiger partial charge in [0, 0.05) is 18.7 Å². The van der Waals surface area contributed by atoms with E-state index in [1.807, 2.05) is 17.9 Å². The number of aryl methyl sites for hydroxylation is 2. The smallest absolute Gasteiger partial charge is 0.0762 e. The minimum atomic E-state index is 0.363. The summed E-state index contributed by atoms with van der Waals surface area (Å²) in [7, 11) is 1.99. The molecule has 0 bridgehead atoms. The Hall–Kier alpha value is -0.900. The van der Waals surface area contributed by atoms with Crippen molar-refractivity contribution in [1.82, 2.24) is 9.78 Å². The molecule has 4 heteroatoms. The molecule has 0 aliphatic heterocycles. The molecule has 1 aliphatic carbocycles. The Balaban J connectivity index is 2.29. The predicted molar refractivity (Wildman–Crippen MR) is 60.1 cm³/mol. The topological polar surface area (TPSA) is 43.8 Å². The van der Waals surface area contributed by atoms with E-state index >= 15 is 0 Å². The molecule has 1 aromatic rings. The first-order chi connectivity index (χ1) is 6.68. The highest BCUT2D eigenvalue weighted by Gasteiger charge is 2.21. The van der Waals surface area contributed by atoms with Gasteiger partial charge < -0.3 is 5.73 Å². The molecule has 1 aromatic heterocycles. The summed E-state index contributed by atoms with van der Waals surface area (Å²) in [6, 6.07) is 0. The summed E-state index contributed by atoms with van der Waals surface area (Å²) in [6.07, 6.45) is 6.32. The molecule has 0 aromatic carbocycles. The quantitative estimate of drug-likeness (QED) is 0.558. The molecule has 2 rings (SSSR count). The van der Waals surface area contributed by atoms with Crippen LogP contribution in [-0.2, 0) is 19.9 Å². The SMILES string of the molecule is Cn1ncc2c1C[C@H](C(N)=S)CCC2. The Morgan fingerprint density at radius 3 is 3.21 bits per heavy atom. The van der Waals surface area contributed by atoms with Gasteiger partial charge in [0.25, 0.3) is 0 Å². The molecule has 14 heavy (non-hydrogen) atoms. The van der Waals surface area contributed by atoms with E-state index in [1.165, 1.54) is 17.7 Å². The molecule has 0 unspecified atom stereocenters. The fraction of sp³-hybridized carbons (Fsp3) is 0.600. The van der Waals surface area contributed by atoms with Crippen molar-refractivity contribution in [3.63, 3.8) is 0 Å². The molecular formula is C10H15N3S. The van der Waals surface area contributed by atoms with Gasteiger partial charge in [0.05, 0.1) is 11.2 Å². The van der Waals surface area contributed by atoms with Crippen molar-refractivity contribution >= 4 is 17.2 Å². The van der Waals surface area contributed by atoms with Crippen LogP contribution in [0.1, 0.15) is 24.1 Å². The Bertz CT molecular complexity index is 356. The molecule has 0 fully saturated rings. The number of fused-ring (bicyclic) bond motifs is 1. The molecule has 2 N–H and O–H groups in total. The first-order valence-electron chi connectivity index (χ1n) is 4.97. The van der Waals surface area contributed by atoms with E-state index in [9.17, 15) is 0 Å². The van der Waals surface area contributed by atoms with E-state index in [4.69, 9.17) is 18.0 Å². The zero-order valence-electron chi connectivity index (χ0n) is 8.36. The molecule has 76 valence electrons. The van der Waals surface area contributed by atoms with Gasteiger partial charge in [-0.2, -0.15) is 5.10 Å². The highest BCUT2D eigenvalue weighted by atomic mass is 32.1. The largest absolute Gasteiger partial charge is 0.393 e. The molecular weight excluding hydrogens is 194 g/mol. The van der Waals surface area contributed by atoms with E-state index in [-0.39, 0.29) is 0 Å². The maximum absolute atomic E-state index is 5.71. The Morgan fingerprint density at radius 1 is 1.71 bits per heavy atom. The van der Waals surface area contributed by atoms with Crippen LogP contribution in [0.15, 0.2) is 6.20 Å². The molecule has 0 amide bonds. The van der Waals surface area contributed by atoms with Crippen molar-refractivity contribution in [1.29, 1.82) is 0 Å². The lowest BCUT2D eigenvalue weighted by Gasteiger charge is -2.12. The lowest BCUT2D eigenvalue weighted by molar-refractivity contribution is 0.586. The third-order valence-corrected chi connectivity index (χ3v) is 3.32. The molecule has 0 spiro atoms. The van der Waals surface area contributed by atoms with E-state index in [0.717, 1.165) is 19.3 Å². The van der Waals surface area contributed by atoms with Gasteiger partial charge in [-0.1, -0.05) is 12.2 Å². The van der Waals surface area contributed by atoms with Crippen LogP contribution in [0.25, 0.3) is 0 Å². The number of rotatable bonds is 1. The average Bonchev–Trinajstić information content (AvgIpc) is 2.40. The van der Waals surface area contributed by atoms with E-state index < -0.39 is 0 Å². The third kappa shape index (κ3) is 1.66. The number of nitrogens with zero attached hydrogens (tertiary/aromatic N) is 2. The summed E-state index contributed by atoms with van der Waals surface area (Å²) in [6.45, 7) is 0. The van der Waals surface area contributed by atoms with Crippen LogP contribution in [0.5, 0.6) is 0 Å². The minimum absolute atomic E-state index is 0.363. The van der Waals surface area contributed by atoms with Gasteiger partial charge in [0.1, 0.15) is 0 Å². The Labute approximate surface area is 89.3 Å². The monoisotopic (exact) mass is 209 g/mol. The zero-order valence-corrected chi connectivity index (χ0v) is 9.18. The molecule has 3 nitrogen and oxygen atoms in total.